The van der Waals surface area contributed by atoms with Crippen LogP contribution in [0.15, 0.2) is 0 Å². The fourth-order valence-corrected chi connectivity index (χ4v) is 0.832. The number of aliphatic hydroxyl groups excluding tert-OH is 1. The molecule has 3 N–H and O–H groups in total. The second kappa shape index (κ2) is 3.84. The van der Waals surface area contributed by atoms with Crippen LogP contribution >= 0.6 is 0 Å². The van der Waals surface area contributed by atoms with E-state index in [-0.39, 0.29) is 6.54 Å². The Morgan fingerprint density at radius 3 is 2.25 bits per heavy atom. The molecule has 0 aromatic heterocycles. The number of likely N-dealkylation sites (N-methyl/N-ethyl adjacent to an activating group) is 1. The van der Waals surface area contributed by atoms with Gasteiger partial charge in [-0.3, -0.25) is 0 Å². The summed E-state index contributed by atoms with van der Waals surface area (Å²) in [6.07, 6.45) is -1.06. The number of hydrogen-bond acceptors (Lipinski definition) is 4. The summed E-state index contributed by atoms with van der Waals surface area (Å²) >= 11 is 0. The van der Waals surface area contributed by atoms with Crippen LogP contribution in [-0.4, -0.2) is 55.4 Å². The summed E-state index contributed by atoms with van der Waals surface area (Å²) < 4.78 is 0.460. The van der Waals surface area contributed by atoms with Gasteiger partial charge in [0.2, 0.25) is 0 Å². The standard InChI is InChI=1S/C7H16N2O3/c1-9(2,3)4-5(10)6(8)7(11)12/h5-6,10H,4,8H2,1-3H3/t5-,6+/m0/s1. The molecule has 0 saturated heterocycles. The molecular weight excluding hydrogens is 160 g/mol. The van der Waals surface area contributed by atoms with E-state index in [1.807, 2.05) is 21.1 Å². The number of aliphatic hydroxyl groups is 1. The Labute approximate surface area is 72.0 Å². The monoisotopic (exact) mass is 176 g/mol. The zero-order valence-electron chi connectivity index (χ0n) is 7.65. The molecule has 0 heterocycles. The van der Waals surface area contributed by atoms with E-state index in [1.165, 1.54) is 0 Å². The molecule has 0 spiro atoms. The van der Waals surface area contributed by atoms with E-state index in [0.717, 1.165) is 0 Å². The molecule has 2 atom stereocenters. The highest BCUT2D eigenvalue weighted by Gasteiger charge is 2.22. The van der Waals surface area contributed by atoms with Crippen LogP contribution in [0, 0.1) is 0 Å². The van der Waals surface area contributed by atoms with Crippen LogP contribution in [0.2, 0.25) is 0 Å². The van der Waals surface area contributed by atoms with Crippen LogP contribution in [0.5, 0.6) is 0 Å². The zero-order chi connectivity index (χ0) is 9.94. The molecule has 0 aromatic carbocycles. The van der Waals surface area contributed by atoms with Crippen LogP contribution < -0.4 is 10.8 Å². The summed E-state index contributed by atoms with van der Waals surface area (Å²) in [6.45, 7) is 0.287. The first-order valence-corrected chi connectivity index (χ1v) is 3.69. The van der Waals surface area contributed by atoms with Gasteiger partial charge in [0, 0.05) is 0 Å². The predicted octanol–water partition coefficient (Wildman–Crippen LogP) is -2.87. The van der Waals surface area contributed by atoms with E-state index in [2.05, 4.69) is 0 Å². The molecule has 0 saturated carbocycles. The van der Waals surface area contributed by atoms with Crippen LogP contribution in [0.3, 0.4) is 0 Å². The van der Waals surface area contributed by atoms with Crippen molar-refractivity contribution in [2.45, 2.75) is 12.1 Å². The van der Waals surface area contributed by atoms with Gasteiger partial charge in [0.25, 0.3) is 0 Å². The average Bonchev–Trinajstić information content (AvgIpc) is 1.82. The molecule has 0 aliphatic heterocycles. The largest absolute Gasteiger partial charge is 0.548 e. The number of hydrogen-bond donors (Lipinski definition) is 2. The van der Waals surface area contributed by atoms with Crippen LogP contribution in [0.25, 0.3) is 0 Å². The van der Waals surface area contributed by atoms with E-state index in [4.69, 9.17) is 5.73 Å². The maximum Gasteiger partial charge on any atom is 0.123 e. The molecule has 0 unspecified atom stereocenters. The molecule has 0 fully saturated rings. The normalized spacial score (nSPS) is 17.1. The van der Waals surface area contributed by atoms with Gasteiger partial charge in [-0.05, 0) is 0 Å². The van der Waals surface area contributed by atoms with Crippen molar-refractivity contribution in [3.63, 3.8) is 0 Å². The van der Waals surface area contributed by atoms with Gasteiger partial charge in [-0.2, -0.15) is 0 Å². The van der Waals surface area contributed by atoms with E-state index in [1.54, 1.807) is 0 Å². The average molecular weight is 176 g/mol. The van der Waals surface area contributed by atoms with Crippen LogP contribution in [-0.2, 0) is 4.79 Å². The second-order valence-corrected chi connectivity index (χ2v) is 3.89. The Hall–Kier alpha value is -0.650. The van der Waals surface area contributed by atoms with Gasteiger partial charge < -0.3 is 25.2 Å². The Balaban J connectivity index is 4.04. The molecule has 0 aromatic rings. The first-order valence-electron chi connectivity index (χ1n) is 3.69. The lowest BCUT2D eigenvalue weighted by molar-refractivity contribution is -0.873. The summed E-state index contributed by atoms with van der Waals surface area (Å²) in [6, 6.07) is -1.30. The molecule has 12 heavy (non-hydrogen) atoms. The number of carbonyl (C=O) groups excluding carboxylic acids is 1. The molecular formula is C7H16N2O3. The molecule has 0 amide bonds. The topological polar surface area (TPSA) is 86.4 Å². The fourth-order valence-electron chi connectivity index (χ4n) is 0.832. The van der Waals surface area contributed by atoms with Crippen molar-refractivity contribution >= 4 is 5.97 Å². The minimum Gasteiger partial charge on any atom is -0.548 e. The third-order valence-corrected chi connectivity index (χ3v) is 1.42. The Morgan fingerprint density at radius 1 is 1.58 bits per heavy atom. The van der Waals surface area contributed by atoms with E-state index in [9.17, 15) is 15.0 Å². The fraction of sp³-hybridized carbons (Fsp3) is 0.857. The smallest absolute Gasteiger partial charge is 0.123 e. The van der Waals surface area contributed by atoms with Crippen molar-refractivity contribution in [2.75, 3.05) is 27.7 Å². The highest BCUT2D eigenvalue weighted by Crippen LogP contribution is 1.97. The molecule has 0 aliphatic rings. The lowest BCUT2D eigenvalue weighted by Gasteiger charge is -2.29. The quantitative estimate of drug-likeness (QED) is 0.451. The maximum absolute atomic E-state index is 10.2. The van der Waals surface area contributed by atoms with Gasteiger partial charge in [-0.15, -0.1) is 0 Å². The highest BCUT2D eigenvalue weighted by molar-refractivity contribution is 5.71. The lowest BCUT2D eigenvalue weighted by Crippen LogP contribution is -2.55. The van der Waals surface area contributed by atoms with Crippen molar-refractivity contribution in [1.82, 2.24) is 0 Å². The third kappa shape index (κ3) is 4.27. The van der Waals surface area contributed by atoms with Gasteiger partial charge in [0.15, 0.2) is 0 Å². The number of carbonyl (C=O) groups is 1. The van der Waals surface area contributed by atoms with Gasteiger partial charge >= 0.3 is 0 Å². The minimum atomic E-state index is -1.42. The summed E-state index contributed by atoms with van der Waals surface area (Å²) in [7, 11) is 5.52. The molecule has 72 valence electrons. The number of nitrogens with zero attached hydrogens (tertiary/aromatic N) is 1. The van der Waals surface area contributed by atoms with Gasteiger partial charge in [-0.25, -0.2) is 0 Å². The number of carboxylic acid groups (broad SMARTS) is 1. The first kappa shape index (κ1) is 11.4. The van der Waals surface area contributed by atoms with Crippen molar-refractivity contribution in [2.24, 2.45) is 5.73 Å². The SMILES string of the molecule is C[N+](C)(C)C[C@H](O)[C@@H](N)C(=O)[O-]. The Morgan fingerprint density at radius 2 is 2.00 bits per heavy atom. The second-order valence-electron chi connectivity index (χ2n) is 3.89. The zero-order valence-corrected chi connectivity index (χ0v) is 7.65. The minimum absolute atomic E-state index is 0.287. The molecule has 0 rings (SSSR count). The summed E-state index contributed by atoms with van der Waals surface area (Å²) in [5.74, 6) is -1.42. The molecule has 5 nitrogen and oxygen atoms in total. The van der Waals surface area contributed by atoms with Crippen molar-refractivity contribution in [3.05, 3.63) is 0 Å². The summed E-state index contributed by atoms with van der Waals surface area (Å²) in [4.78, 5) is 10.2. The molecule has 0 aliphatic carbocycles. The Bertz CT molecular complexity index is 165. The first-order chi connectivity index (χ1) is 5.24. The lowest BCUT2D eigenvalue weighted by atomic mass is 10.1. The van der Waals surface area contributed by atoms with Gasteiger partial charge in [0.1, 0.15) is 12.6 Å². The maximum atomic E-state index is 10.2. The predicted molar refractivity (Wildman–Crippen MR) is 41.9 cm³/mol. The molecule has 0 bridgehead atoms. The van der Waals surface area contributed by atoms with Crippen molar-refractivity contribution in [1.29, 1.82) is 0 Å². The van der Waals surface area contributed by atoms with Crippen molar-refractivity contribution < 1.29 is 19.5 Å². The highest BCUT2D eigenvalue weighted by atomic mass is 16.4. The van der Waals surface area contributed by atoms with Crippen molar-refractivity contribution in [3.8, 4) is 0 Å². The number of quaternary nitrogens is 1. The number of carboxylic acids is 1. The van der Waals surface area contributed by atoms with E-state index in [0.29, 0.717) is 4.48 Å². The Kier molecular flexibility index (Phi) is 3.63. The van der Waals surface area contributed by atoms with Crippen LogP contribution in [0.4, 0.5) is 0 Å². The summed E-state index contributed by atoms with van der Waals surface area (Å²) in [5.41, 5.74) is 5.15. The van der Waals surface area contributed by atoms with Gasteiger partial charge in [0.05, 0.1) is 33.2 Å². The number of aliphatic carboxylic acids is 1. The van der Waals surface area contributed by atoms with E-state index < -0.39 is 18.1 Å². The van der Waals surface area contributed by atoms with Gasteiger partial charge in [-0.1, -0.05) is 0 Å². The van der Waals surface area contributed by atoms with Crippen LogP contribution in [0.1, 0.15) is 0 Å². The number of nitrogens with two attached hydrogens (primary N) is 1. The third-order valence-electron chi connectivity index (χ3n) is 1.42. The van der Waals surface area contributed by atoms with E-state index >= 15 is 0 Å². The molecule has 5 heteroatoms. The molecule has 0 radical (unpaired) electrons. The number of rotatable bonds is 4. The summed E-state index contributed by atoms with van der Waals surface area (Å²) in [5, 5.41) is 19.5.